The Bertz CT molecular complexity index is 999. The molecule has 2 aromatic carbocycles. The number of benzene rings is 2. The van der Waals surface area contributed by atoms with Crippen molar-refractivity contribution in [2.45, 2.75) is 12.3 Å². The zero-order valence-electron chi connectivity index (χ0n) is 15.2. The number of carbonyl (C=O) groups excluding carboxylic acids is 1. The second-order valence-corrected chi connectivity index (χ2v) is 7.42. The molecular weight excluding hydrogens is 364 g/mol. The summed E-state index contributed by atoms with van der Waals surface area (Å²) >= 11 is 0. The number of hydrogen-bond donors (Lipinski definition) is 0. The molecule has 1 saturated heterocycles. The van der Waals surface area contributed by atoms with E-state index in [1.807, 2.05) is 24.3 Å². The molecule has 2 aromatic rings. The summed E-state index contributed by atoms with van der Waals surface area (Å²) < 4.78 is 33.5. The highest BCUT2D eigenvalue weighted by Crippen LogP contribution is 2.55. The number of methoxy groups -OCH3 is 1. The summed E-state index contributed by atoms with van der Waals surface area (Å²) in [7, 11) is 1.63. The Kier molecular flexibility index (Phi) is 3.24. The predicted molar refractivity (Wildman–Crippen MR) is 95.2 cm³/mol. The average molecular weight is 382 g/mol. The first kappa shape index (κ1) is 15.9. The molecule has 0 saturated carbocycles. The number of esters is 1. The third-order valence-electron chi connectivity index (χ3n) is 6.10. The Morgan fingerprint density at radius 1 is 0.964 bits per heavy atom. The molecule has 0 spiro atoms. The van der Waals surface area contributed by atoms with Crippen LogP contribution in [0.1, 0.15) is 22.6 Å². The van der Waals surface area contributed by atoms with Crippen LogP contribution in [0, 0.1) is 11.8 Å². The second-order valence-electron chi connectivity index (χ2n) is 7.42. The monoisotopic (exact) mass is 382 g/mol. The van der Waals surface area contributed by atoms with E-state index in [9.17, 15) is 4.79 Å². The van der Waals surface area contributed by atoms with Crippen LogP contribution in [0.3, 0.4) is 0 Å². The molecule has 1 aliphatic carbocycles. The Hall–Kier alpha value is -3.09. The molecule has 7 nitrogen and oxygen atoms in total. The summed E-state index contributed by atoms with van der Waals surface area (Å²) in [6, 6.07) is 7.83. The fourth-order valence-electron chi connectivity index (χ4n) is 4.90. The molecule has 0 amide bonds. The van der Waals surface area contributed by atoms with E-state index in [-0.39, 0.29) is 37.3 Å². The van der Waals surface area contributed by atoms with Gasteiger partial charge in [0.15, 0.2) is 23.0 Å². The summed E-state index contributed by atoms with van der Waals surface area (Å²) in [5.74, 6) is 2.88. The van der Waals surface area contributed by atoms with Gasteiger partial charge in [-0.15, -0.1) is 0 Å². The molecule has 0 radical (unpaired) electrons. The van der Waals surface area contributed by atoms with E-state index >= 15 is 0 Å². The van der Waals surface area contributed by atoms with Crippen molar-refractivity contribution in [2.75, 3.05) is 27.3 Å². The zero-order chi connectivity index (χ0) is 18.8. The lowest BCUT2D eigenvalue weighted by Crippen LogP contribution is -2.31. The van der Waals surface area contributed by atoms with Crippen molar-refractivity contribution < 1.29 is 33.2 Å². The molecule has 0 aromatic heterocycles. The van der Waals surface area contributed by atoms with Crippen LogP contribution in [0.15, 0.2) is 24.3 Å². The molecular formula is C21H18O7. The van der Waals surface area contributed by atoms with E-state index in [0.717, 1.165) is 16.7 Å². The minimum atomic E-state index is -0.252. The number of cyclic esters (lactones) is 1. The van der Waals surface area contributed by atoms with Gasteiger partial charge in [-0.25, -0.2) is 0 Å². The summed E-state index contributed by atoms with van der Waals surface area (Å²) in [5.41, 5.74) is 3.05. The van der Waals surface area contributed by atoms with Crippen molar-refractivity contribution >= 4 is 5.97 Å². The van der Waals surface area contributed by atoms with Gasteiger partial charge in [0, 0.05) is 17.4 Å². The fraction of sp³-hybridized carbons (Fsp3) is 0.381. The van der Waals surface area contributed by atoms with Gasteiger partial charge in [-0.2, -0.15) is 0 Å². The highest BCUT2D eigenvalue weighted by Gasteiger charge is 2.49. The summed E-state index contributed by atoms with van der Waals surface area (Å²) in [6.45, 7) is 0.792. The van der Waals surface area contributed by atoms with Crippen molar-refractivity contribution in [3.05, 3.63) is 41.0 Å². The third-order valence-corrected chi connectivity index (χ3v) is 6.10. The SMILES string of the molecule is COc1c2c(cc3c1OCO3)[C@@H](c1ccc3c(c1)OCO3)[C@H]1C(=O)OC[C@@H]1C2. The van der Waals surface area contributed by atoms with Crippen molar-refractivity contribution in [1.29, 1.82) is 0 Å². The second kappa shape index (κ2) is 5.70. The first-order valence-electron chi connectivity index (χ1n) is 9.30. The zero-order valence-corrected chi connectivity index (χ0v) is 15.2. The van der Waals surface area contributed by atoms with Gasteiger partial charge in [0.2, 0.25) is 19.3 Å². The Morgan fingerprint density at radius 3 is 2.68 bits per heavy atom. The smallest absolute Gasteiger partial charge is 0.310 e. The van der Waals surface area contributed by atoms with Crippen LogP contribution in [0.2, 0.25) is 0 Å². The van der Waals surface area contributed by atoms with Crippen molar-refractivity contribution in [3.63, 3.8) is 0 Å². The highest BCUT2D eigenvalue weighted by molar-refractivity contribution is 5.79. The number of ether oxygens (including phenoxy) is 6. The maximum Gasteiger partial charge on any atom is 0.310 e. The quantitative estimate of drug-likeness (QED) is 0.740. The molecule has 1 fully saturated rings. The molecule has 4 aliphatic rings. The Morgan fingerprint density at radius 2 is 1.79 bits per heavy atom. The standard InChI is InChI=1S/C21H18O7/c1-23-19-13-4-11-7-24-21(22)18(11)17(12(13)6-16-20(19)28-9-27-16)10-2-3-14-15(5-10)26-8-25-14/h2-3,5-6,11,17-18H,4,7-9H2,1H3/t11-,17+,18-/m0/s1. The van der Waals surface area contributed by atoms with E-state index in [2.05, 4.69) is 0 Å². The molecule has 3 heterocycles. The lowest BCUT2D eigenvalue weighted by molar-refractivity contribution is -0.141. The predicted octanol–water partition coefficient (Wildman–Crippen LogP) is 2.63. The maximum absolute atomic E-state index is 12.7. The van der Waals surface area contributed by atoms with Crippen LogP contribution < -0.4 is 23.7 Å². The normalized spacial score (nSPS) is 25.9. The minimum Gasteiger partial charge on any atom is -0.492 e. The van der Waals surface area contributed by atoms with Crippen LogP contribution in [0.5, 0.6) is 28.7 Å². The van der Waals surface area contributed by atoms with Gasteiger partial charge < -0.3 is 28.4 Å². The van der Waals surface area contributed by atoms with Gasteiger partial charge in [-0.05, 0) is 35.7 Å². The molecule has 0 N–H and O–H groups in total. The molecule has 3 atom stereocenters. The average Bonchev–Trinajstić information content (AvgIpc) is 3.44. The highest BCUT2D eigenvalue weighted by atomic mass is 16.7. The summed E-state index contributed by atoms with van der Waals surface area (Å²) in [5, 5.41) is 0. The van der Waals surface area contributed by atoms with Gasteiger partial charge in [-0.1, -0.05) is 6.07 Å². The molecule has 7 heteroatoms. The number of carbonyl (C=O) groups is 1. The van der Waals surface area contributed by atoms with E-state index in [1.165, 1.54) is 0 Å². The maximum atomic E-state index is 12.7. The van der Waals surface area contributed by atoms with E-state index in [4.69, 9.17) is 28.4 Å². The molecule has 3 aliphatic heterocycles. The lowest BCUT2D eigenvalue weighted by Gasteiger charge is -2.34. The largest absolute Gasteiger partial charge is 0.492 e. The van der Waals surface area contributed by atoms with Gasteiger partial charge >= 0.3 is 5.97 Å². The van der Waals surface area contributed by atoms with Crippen LogP contribution in [0.4, 0.5) is 0 Å². The number of fused-ring (bicyclic) bond motifs is 4. The van der Waals surface area contributed by atoms with E-state index < -0.39 is 0 Å². The fourth-order valence-corrected chi connectivity index (χ4v) is 4.90. The minimum absolute atomic E-state index is 0.0877. The van der Waals surface area contributed by atoms with E-state index in [1.54, 1.807) is 7.11 Å². The summed E-state index contributed by atoms with van der Waals surface area (Å²) in [4.78, 5) is 12.7. The first-order valence-corrected chi connectivity index (χ1v) is 9.30. The summed E-state index contributed by atoms with van der Waals surface area (Å²) in [6.07, 6.45) is 0.701. The number of hydrogen-bond acceptors (Lipinski definition) is 7. The first-order chi connectivity index (χ1) is 13.7. The van der Waals surface area contributed by atoms with Crippen LogP contribution in [0.25, 0.3) is 0 Å². The van der Waals surface area contributed by atoms with Crippen LogP contribution in [-0.2, 0) is 16.0 Å². The van der Waals surface area contributed by atoms with Crippen LogP contribution in [-0.4, -0.2) is 33.3 Å². The lowest BCUT2D eigenvalue weighted by atomic mass is 9.67. The molecule has 144 valence electrons. The molecule has 0 bridgehead atoms. The van der Waals surface area contributed by atoms with Crippen molar-refractivity contribution in [3.8, 4) is 28.7 Å². The van der Waals surface area contributed by atoms with Gasteiger partial charge in [0.25, 0.3) is 0 Å². The van der Waals surface area contributed by atoms with Crippen molar-refractivity contribution in [2.24, 2.45) is 11.8 Å². The topological polar surface area (TPSA) is 72.5 Å². The van der Waals surface area contributed by atoms with Crippen molar-refractivity contribution in [1.82, 2.24) is 0 Å². The van der Waals surface area contributed by atoms with Gasteiger partial charge in [0.1, 0.15) is 0 Å². The van der Waals surface area contributed by atoms with Gasteiger partial charge in [0.05, 0.1) is 19.6 Å². The Balaban J connectivity index is 1.58. The van der Waals surface area contributed by atoms with E-state index in [0.29, 0.717) is 41.8 Å². The number of rotatable bonds is 2. The van der Waals surface area contributed by atoms with Crippen LogP contribution >= 0.6 is 0 Å². The molecule has 0 unspecified atom stereocenters. The van der Waals surface area contributed by atoms with Gasteiger partial charge in [-0.3, -0.25) is 4.79 Å². The molecule has 28 heavy (non-hydrogen) atoms. The Labute approximate surface area is 161 Å². The third kappa shape index (κ3) is 2.07. The molecule has 6 rings (SSSR count).